The van der Waals surface area contributed by atoms with Crippen LogP contribution in [0.3, 0.4) is 0 Å². The lowest BCUT2D eigenvalue weighted by atomic mass is 9.89. The van der Waals surface area contributed by atoms with Gasteiger partial charge in [0, 0.05) is 5.69 Å². The molecule has 3 nitrogen and oxygen atoms in total. The van der Waals surface area contributed by atoms with Crippen molar-refractivity contribution < 1.29 is 4.79 Å². The molecular formula is C20H22Cl2N2O. The minimum absolute atomic E-state index is 0.0185. The minimum atomic E-state index is -0.247. The van der Waals surface area contributed by atoms with E-state index in [1.54, 1.807) is 18.2 Å². The first-order valence-corrected chi connectivity index (χ1v) is 9.46. The Hall–Kier alpha value is -1.71. The van der Waals surface area contributed by atoms with Crippen LogP contribution >= 0.6 is 23.2 Å². The van der Waals surface area contributed by atoms with Crippen molar-refractivity contribution in [2.75, 3.05) is 5.32 Å². The van der Waals surface area contributed by atoms with Gasteiger partial charge in [-0.2, -0.15) is 0 Å². The summed E-state index contributed by atoms with van der Waals surface area (Å²) in [6.07, 6.45) is 5.65. The van der Waals surface area contributed by atoms with Crippen LogP contribution in [0, 0.1) is 0 Å². The maximum Gasteiger partial charge on any atom is 0.319 e. The van der Waals surface area contributed by atoms with E-state index in [2.05, 4.69) is 35.8 Å². The molecule has 1 aliphatic rings. The lowest BCUT2D eigenvalue weighted by Crippen LogP contribution is -2.32. The SMILES string of the molecule is CCC(NC(=O)Nc1ccc(Cl)c(Cl)c1)c1ccc2c(c1)CCCC2. The van der Waals surface area contributed by atoms with Gasteiger partial charge < -0.3 is 10.6 Å². The molecule has 0 saturated heterocycles. The third-order valence-corrected chi connectivity index (χ3v) is 5.40. The number of anilines is 1. The maximum atomic E-state index is 12.3. The molecule has 0 bridgehead atoms. The van der Waals surface area contributed by atoms with Crippen LogP contribution in [0.15, 0.2) is 36.4 Å². The van der Waals surface area contributed by atoms with Gasteiger partial charge >= 0.3 is 6.03 Å². The fourth-order valence-corrected chi connectivity index (χ4v) is 3.59. The molecule has 0 aliphatic heterocycles. The highest BCUT2D eigenvalue weighted by atomic mass is 35.5. The molecule has 1 aliphatic carbocycles. The molecule has 1 atom stereocenters. The van der Waals surface area contributed by atoms with Crippen LogP contribution in [-0.4, -0.2) is 6.03 Å². The zero-order valence-corrected chi connectivity index (χ0v) is 15.8. The molecule has 0 heterocycles. The summed E-state index contributed by atoms with van der Waals surface area (Å²) >= 11 is 11.9. The van der Waals surface area contributed by atoms with Gasteiger partial charge in [0.2, 0.25) is 0 Å². The van der Waals surface area contributed by atoms with Crippen molar-refractivity contribution in [1.82, 2.24) is 5.32 Å². The normalized spacial score (nSPS) is 14.5. The van der Waals surface area contributed by atoms with Crippen LogP contribution in [0.4, 0.5) is 10.5 Å². The van der Waals surface area contributed by atoms with E-state index >= 15 is 0 Å². The fourth-order valence-electron chi connectivity index (χ4n) is 3.29. The summed E-state index contributed by atoms with van der Waals surface area (Å²) in [6.45, 7) is 2.07. The van der Waals surface area contributed by atoms with Gasteiger partial charge in [-0.1, -0.05) is 48.3 Å². The molecule has 0 saturated carbocycles. The van der Waals surface area contributed by atoms with Crippen molar-refractivity contribution in [2.45, 2.75) is 45.1 Å². The van der Waals surface area contributed by atoms with E-state index in [0.717, 1.165) is 24.8 Å². The Morgan fingerprint density at radius 3 is 2.52 bits per heavy atom. The number of carbonyl (C=O) groups is 1. The van der Waals surface area contributed by atoms with Crippen LogP contribution in [-0.2, 0) is 12.8 Å². The van der Waals surface area contributed by atoms with Crippen LogP contribution < -0.4 is 10.6 Å². The van der Waals surface area contributed by atoms with Gasteiger partial charge in [0.05, 0.1) is 16.1 Å². The molecule has 0 aromatic heterocycles. The first kappa shape index (κ1) is 18.1. The first-order chi connectivity index (χ1) is 12.1. The zero-order chi connectivity index (χ0) is 17.8. The molecular weight excluding hydrogens is 355 g/mol. The van der Waals surface area contributed by atoms with Gasteiger partial charge in [0.25, 0.3) is 0 Å². The Morgan fingerprint density at radius 1 is 1.04 bits per heavy atom. The number of carbonyl (C=O) groups excluding carboxylic acids is 1. The predicted molar refractivity (Wildman–Crippen MR) is 105 cm³/mol. The second-order valence-corrected chi connectivity index (χ2v) is 7.24. The second kappa shape index (κ2) is 8.11. The third-order valence-electron chi connectivity index (χ3n) is 4.67. The van der Waals surface area contributed by atoms with Crippen LogP contribution in [0.1, 0.15) is 48.9 Å². The van der Waals surface area contributed by atoms with Crippen LogP contribution in [0.5, 0.6) is 0 Å². The number of rotatable bonds is 4. The average molecular weight is 377 g/mol. The highest BCUT2D eigenvalue weighted by Crippen LogP contribution is 2.27. The van der Waals surface area contributed by atoms with Gasteiger partial charge in [-0.3, -0.25) is 0 Å². The summed E-state index contributed by atoms with van der Waals surface area (Å²) < 4.78 is 0. The van der Waals surface area contributed by atoms with Gasteiger partial charge in [-0.25, -0.2) is 4.79 Å². The van der Waals surface area contributed by atoms with Gasteiger partial charge in [0.15, 0.2) is 0 Å². The maximum absolute atomic E-state index is 12.3. The van der Waals surface area contributed by atoms with Crippen molar-refractivity contribution >= 4 is 34.9 Å². The first-order valence-electron chi connectivity index (χ1n) is 8.71. The standard InChI is InChI=1S/C20H22Cl2N2O/c1-2-19(15-8-7-13-5-3-4-6-14(13)11-15)24-20(25)23-16-9-10-17(21)18(22)12-16/h7-12,19H,2-6H2,1H3,(H2,23,24,25). The number of amides is 2. The number of urea groups is 1. The van der Waals surface area contributed by atoms with Gasteiger partial charge in [0.1, 0.15) is 0 Å². The van der Waals surface area contributed by atoms with E-state index in [1.165, 1.54) is 24.0 Å². The van der Waals surface area contributed by atoms with Gasteiger partial charge in [-0.15, -0.1) is 0 Å². The van der Waals surface area contributed by atoms with E-state index in [-0.39, 0.29) is 12.1 Å². The predicted octanol–water partition coefficient (Wildman–Crippen LogP) is 6.15. The molecule has 2 aromatic carbocycles. The molecule has 25 heavy (non-hydrogen) atoms. The average Bonchev–Trinajstić information content (AvgIpc) is 2.62. The number of benzene rings is 2. The number of halogens is 2. The highest BCUT2D eigenvalue weighted by Gasteiger charge is 2.16. The lowest BCUT2D eigenvalue weighted by Gasteiger charge is -2.22. The molecule has 0 spiro atoms. The van der Waals surface area contributed by atoms with Crippen LogP contribution in [0.2, 0.25) is 10.0 Å². The number of nitrogens with one attached hydrogen (secondary N) is 2. The number of fused-ring (bicyclic) bond motifs is 1. The molecule has 1 unspecified atom stereocenters. The highest BCUT2D eigenvalue weighted by molar-refractivity contribution is 6.42. The quantitative estimate of drug-likeness (QED) is 0.660. The summed E-state index contributed by atoms with van der Waals surface area (Å²) in [5, 5.41) is 6.74. The summed E-state index contributed by atoms with van der Waals surface area (Å²) in [5.74, 6) is 0. The van der Waals surface area contributed by atoms with E-state index in [1.807, 2.05) is 0 Å². The largest absolute Gasteiger partial charge is 0.331 e. The van der Waals surface area contributed by atoms with Crippen molar-refractivity contribution in [1.29, 1.82) is 0 Å². The number of hydrogen-bond donors (Lipinski definition) is 2. The van der Waals surface area contributed by atoms with E-state index in [4.69, 9.17) is 23.2 Å². The lowest BCUT2D eigenvalue weighted by molar-refractivity contribution is 0.248. The minimum Gasteiger partial charge on any atom is -0.331 e. The third kappa shape index (κ3) is 4.47. The molecule has 5 heteroatoms. The molecule has 3 rings (SSSR count). The smallest absolute Gasteiger partial charge is 0.319 e. The molecule has 2 aromatic rings. The Balaban J connectivity index is 1.69. The Labute approximate surface area is 158 Å². The van der Waals surface area contributed by atoms with Crippen molar-refractivity contribution in [2.24, 2.45) is 0 Å². The number of hydrogen-bond acceptors (Lipinski definition) is 1. The molecule has 0 radical (unpaired) electrons. The van der Waals surface area contributed by atoms with Gasteiger partial charge in [-0.05, 0) is 67.0 Å². The molecule has 2 amide bonds. The molecule has 132 valence electrons. The monoisotopic (exact) mass is 376 g/mol. The molecule has 2 N–H and O–H groups in total. The summed E-state index contributed by atoms with van der Waals surface area (Å²) in [6, 6.07) is 11.4. The van der Waals surface area contributed by atoms with E-state index < -0.39 is 0 Å². The Kier molecular flexibility index (Phi) is 5.87. The molecule has 0 fully saturated rings. The second-order valence-electron chi connectivity index (χ2n) is 6.42. The summed E-state index contributed by atoms with van der Waals surface area (Å²) in [5.41, 5.74) is 4.65. The fraction of sp³-hybridized carbons (Fsp3) is 0.350. The van der Waals surface area contributed by atoms with E-state index in [9.17, 15) is 4.79 Å². The van der Waals surface area contributed by atoms with E-state index in [0.29, 0.717) is 15.7 Å². The topological polar surface area (TPSA) is 41.1 Å². The number of aryl methyl sites for hydroxylation is 2. The Morgan fingerprint density at radius 2 is 1.80 bits per heavy atom. The van der Waals surface area contributed by atoms with Crippen LogP contribution in [0.25, 0.3) is 0 Å². The summed E-state index contributed by atoms with van der Waals surface area (Å²) in [4.78, 5) is 12.3. The summed E-state index contributed by atoms with van der Waals surface area (Å²) in [7, 11) is 0. The van der Waals surface area contributed by atoms with Crippen molar-refractivity contribution in [3.8, 4) is 0 Å². The Bertz CT molecular complexity index is 776. The van der Waals surface area contributed by atoms with Crippen molar-refractivity contribution in [3.05, 3.63) is 63.1 Å². The zero-order valence-electron chi connectivity index (χ0n) is 14.2. The van der Waals surface area contributed by atoms with Crippen molar-refractivity contribution in [3.63, 3.8) is 0 Å².